The van der Waals surface area contributed by atoms with E-state index in [0.717, 1.165) is 36.2 Å². The zero-order valence-electron chi connectivity index (χ0n) is 16.0. The average molecular weight is 353 g/mol. The lowest BCUT2D eigenvalue weighted by molar-refractivity contribution is -0.129. The van der Waals surface area contributed by atoms with E-state index in [0.29, 0.717) is 19.0 Å². The van der Waals surface area contributed by atoms with Crippen molar-refractivity contribution in [2.75, 3.05) is 36.4 Å². The molecular weight excluding hydrogens is 326 g/mol. The number of carbonyl (C=O) groups excluding carboxylic acids is 1. The zero-order valence-corrected chi connectivity index (χ0v) is 16.0. The molecule has 3 rings (SSSR count). The number of nitrogens with one attached hydrogen (secondary N) is 1. The van der Waals surface area contributed by atoms with Crippen LogP contribution in [0.5, 0.6) is 0 Å². The summed E-state index contributed by atoms with van der Waals surface area (Å²) < 4.78 is 0. The van der Waals surface area contributed by atoms with Gasteiger partial charge < -0.3 is 15.1 Å². The van der Waals surface area contributed by atoms with Crippen molar-refractivity contribution in [2.24, 2.45) is 0 Å². The molecule has 0 saturated carbocycles. The summed E-state index contributed by atoms with van der Waals surface area (Å²) in [7, 11) is 0. The van der Waals surface area contributed by atoms with Crippen LogP contribution >= 0.6 is 0 Å². The Balaban J connectivity index is 1.80. The topological polar surface area (TPSA) is 61.4 Å². The van der Waals surface area contributed by atoms with E-state index in [2.05, 4.69) is 47.2 Å². The minimum atomic E-state index is 0.127. The average Bonchev–Trinajstić information content (AvgIpc) is 2.61. The van der Waals surface area contributed by atoms with Gasteiger partial charge in [0.1, 0.15) is 5.82 Å². The van der Waals surface area contributed by atoms with Crippen molar-refractivity contribution in [3.05, 3.63) is 41.6 Å². The first-order valence-corrected chi connectivity index (χ1v) is 9.16. The molecule has 138 valence electrons. The van der Waals surface area contributed by atoms with Crippen molar-refractivity contribution in [1.82, 2.24) is 14.9 Å². The van der Waals surface area contributed by atoms with Crippen LogP contribution in [0.15, 0.2) is 30.3 Å². The summed E-state index contributed by atoms with van der Waals surface area (Å²) in [6, 6.07) is 10.3. The van der Waals surface area contributed by atoms with E-state index >= 15 is 0 Å². The Morgan fingerprint density at radius 1 is 1.12 bits per heavy atom. The van der Waals surface area contributed by atoms with Crippen molar-refractivity contribution in [3.63, 3.8) is 0 Å². The third-order valence-electron chi connectivity index (χ3n) is 4.70. The minimum absolute atomic E-state index is 0.127. The van der Waals surface area contributed by atoms with Gasteiger partial charge in [0.25, 0.3) is 0 Å². The number of aromatic nitrogens is 2. The Kier molecular flexibility index (Phi) is 5.40. The standard InChI is InChI=1S/C20H27N5O/c1-14(2)17-7-5-6-8-18(17)22-19-13-15(3)21-20(23-19)25-11-9-24(10-12-25)16(4)26/h5-8,13-14H,9-12H2,1-4H3,(H,21,22,23). The third kappa shape index (κ3) is 4.12. The lowest BCUT2D eigenvalue weighted by Crippen LogP contribution is -2.48. The predicted octanol–water partition coefficient (Wildman–Crippen LogP) is 3.32. The zero-order chi connectivity index (χ0) is 18.7. The number of carbonyl (C=O) groups is 1. The van der Waals surface area contributed by atoms with Crippen molar-refractivity contribution >= 4 is 23.4 Å². The molecule has 0 aliphatic carbocycles. The Hall–Kier alpha value is -2.63. The van der Waals surface area contributed by atoms with E-state index < -0.39 is 0 Å². The summed E-state index contributed by atoms with van der Waals surface area (Å²) in [4.78, 5) is 24.8. The molecule has 6 heteroatoms. The summed E-state index contributed by atoms with van der Waals surface area (Å²) in [6.07, 6.45) is 0. The molecule has 0 atom stereocenters. The number of para-hydroxylation sites is 1. The SMILES string of the molecule is CC(=O)N1CCN(c2nc(C)cc(Nc3ccccc3C(C)C)n2)CC1. The largest absolute Gasteiger partial charge is 0.340 e. The van der Waals surface area contributed by atoms with Gasteiger partial charge in [-0.25, -0.2) is 4.98 Å². The summed E-state index contributed by atoms with van der Waals surface area (Å²) in [6.45, 7) is 10.9. The molecule has 6 nitrogen and oxygen atoms in total. The fraction of sp³-hybridized carbons (Fsp3) is 0.450. The number of aryl methyl sites for hydroxylation is 1. The molecule has 1 aromatic carbocycles. The molecule has 1 amide bonds. The number of amides is 1. The lowest BCUT2D eigenvalue weighted by Gasteiger charge is -2.34. The second kappa shape index (κ2) is 7.72. The van der Waals surface area contributed by atoms with Crippen LogP contribution in [-0.4, -0.2) is 47.0 Å². The van der Waals surface area contributed by atoms with Crippen LogP contribution in [0, 0.1) is 6.92 Å². The molecule has 1 N–H and O–H groups in total. The van der Waals surface area contributed by atoms with Crippen LogP contribution in [0.4, 0.5) is 17.5 Å². The number of anilines is 3. The Labute approximate surface area is 155 Å². The summed E-state index contributed by atoms with van der Waals surface area (Å²) in [5.41, 5.74) is 3.27. The van der Waals surface area contributed by atoms with E-state index in [1.54, 1.807) is 6.92 Å². The maximum absolute atomic E-state index is 11.5. The molecule has 1 aliphatic heterocycles. The maximum Gasteiger partial charge on any atom is 0.227 e. The molecule has 0 radical (unpaired) electrons. The molecule has 0 unspecified atom stereocenters. The van der Waals surface area contributed by atoms with Crippen molar-refractivity contribution in [1.29, 1.82) is 0 Å². The first kappa shape index (κ1) is 18.2. The van der Waals surface area contributed by atoms with E-state index in [4.69, 9.17) is 4.98 Å². The third-order valence-corrected chi connectivity index (χ3v) is 4.70. The van der Waals surface area contributed by atoms with Crippen LogP contribution in [0.2, 0.25) is 0 Å². The fourth-order valence-corrected chi connectivity index (χ4v) is 3.23. The molecule has 1 aromatic heterocycles. The maximum atomic E-state index is 11.5. The monoisotopic (exact) mass is 353 g/mol. The van der Waals surface area contributed by atoms with Gasteiger partial charge in [0.05, 0.1) is 0 Å². The fourth-order valence-electron chi connectivity index (χ4n) is 3.23. The first-order chi connectivity index (χ1) is 12.4. The van der Waals surface area contributed by atoms with Crippen LogP contribution in [0.3, 0.4) is 0 Å². The molecular formula is C20H27N5O. The van der Waals surface area contributed by atoms with Crippen molar-refractivity contribution in [3.8, 4) is 0 Å². The molecule has 1 aliphatic rings. The highest BCUT2D eigenvalue weighted by Gasteiger charge is 2.21. The van der Waals surface area contributed by atoms with Gasteiger partial charge in [0.15, 0.2) is 0 Å². The number of benzene rings is 1. The van der Waals surface area contributed by atoms with Gasteiger partial charge in [-0.2, -0.15) is 4.98 Å². The second-order valence-corrected chi connectivity index (χ2v) is 7.05. The Bertz CT molecular complexity index is 782. The van der Waals surface area contributed by atoms with Gasteiger partial charge in [-0.1, -0.05) is 32.0 Å². The number of nitrogens with zero attached hydrogens (tertiary/aromatic N) is 4. The number of rotatable bonds is 4. The summed E-state index contributed by atoms with van der Waals surface area (Å²) in [5.74, 6) is 2.08. The predicted molar refractivity (Wildman–Crippen MR) is 105 cm³/mol. The first-order valence-electron chi connectivity index (χ1n) is 9.16. The summed E-state index contributed by atoms with van der Waals surface area (Å²) >= 11 is 0. The van der Waals surface area contributed by atoms with E-state index in [-0.39, 0.29) is 5.91 Å². The Morgan fingerprint density at radius 2 is 1.81 bits per heavy atom. The molecule has 1 fully saturated rings. The smallest absolute Gasteiger partial charge is 0.227 e. The van der Waals surface area contributed by atoms with E-state index in [9.17, 15) is 4.79 Å². The normalized spacial score (nSPS) is 14.7. The van der Waals surface area contributed by atoms with Gasteiger partial charge in [0.2, 0.25) is 11.9 Å². The molecule has 2 aromatic rings. The highest BCUT2D eigenvalue weighted by molar-refractivity contribution is 5.73. The van der Waals surface area contributed by atoms with Gasteiger partial charge in [-0.05, 0) is 24.5 Å². The molecule has 1 saturated heterocycles. The highest BCUT2D eigenvalue weighted by atomic mass is 16.2. The Morgan fingerprint density at radius 3 is 2.46 bits per heavy atom. The molecule has 0 spiro atoms. The minimum Gasteiger partial charge on any atom is -0.340 e. The van der Waals surface area contributed by atoms with Gasteiger partial charge in [-0.15, -0.1) is 0 Å². The van der Waals surface area contributed by atoms with E-state index in [1.807, 2.05) is 24.0 Å². The lowest BCUT2D eigenvalue weighted by atomic mass is 10.0. The number of hydrogen-bond donors (Lipinski definition) is 1. The van der Waals surface area contributed by atoms with Crippen molar-refractivity contribution < 1.29 is 4.79 Å². The van der Waals surface area contributed by atoms with Crippen LogP contribution in [0.1, 0.15) is 37.9 Å². The number of piperazine rings is 1. The van der Waals surface area contributed by atoms with Crippen LogP contribution in [-0.2, 0) is 4.79 Å². The highest BCUT2D eigenvalue weighted by Crippen LogP contribution is 2.27. The number of hydrogen-bond acceptors (Lipinski definition) is 5. The van der Waals surface area contributed by atoms with Gasteiger partial charge in [0, 0.05) is 50.6 Å². The molecule has 26 heavy (non-hydrogen) atoms. The molecule has 0 bridgehead atoms. The molecule has 2 heterocycles. The van der Waals surface area contributed by atoms with Gasteiger partial charge >= 0.3 is 0 Å². The van der Waals surface area contributed by atoms with Crippen LogP contribution < -0.4 is 10.2 Å². The summed E-state index contributed by atoms with van der Waals surface area (Å²) in [5, 5.41) is 3.46. The van der Waals surface area contributed by atoms with Crippen molar-refractivity contribution in [2.45, 2.75) is 33.6 Å². The second-order valence-electron chi connectivity index (χ2n) is 7.05. The van der Waals surface area contributed by atoms with Crippen LogP contribution in [0.25, 0.3) is 0 Å². The van der Waals surface area contributed by atoms with Gasteiger partial charge in [-0.3, -0.25) is 4.79 Å². The quantitative estimate of drug-likeness (QED) is 0.914. The van der Waals surface area contributed by atoms with E-state index in [1.165, 1.54) is 5.56 Å².